The first-order valence-electron chi connectivity index (χ1n) is 7.55. The Labute approximate surface area is 152 Å². The number of H-pyrrole nitrogens is 1. The molecule has 0 radical (unpaired) electrons. The molecule has 0 unspecified atom stereocenters. The van der Waals surface area contributed by atoms with E-state index >= 15 is 0 Å². The third-order valence-corrected chi connectivity index (χ3v) is 3.94. The normalized spacial score (nSPS) is 11.8. The quantitative estimate of drug-likeness (QED) is 0.651. The van der Waals surface area contributed by atoms with Gasteiger partial charge in [-0.25, -0.2) is 4.39 Å². The zero-order valence-electron chi connectivity index (χ0n) is 13.6. The lowest BCUT2D eigenvalue weighted by atomic mass is 10.1. The molecule has 8 heteroatoms. The molecule has 1 amide bonds. The number of halogens is 3. The SMILES string of the molecule is Cc1c(-c2ccncc2)n[nH]c1NC(=O)/C(F)=C(\F)c1ccc(Cl)cc1. The average Bonchev–Trinajstić information content (AvgIpc) is 3.02. The van der Waals surface area contributed by atoms with Crippen LogP contribution in [0.2, 0.25) is 5.02 Å². The number of nitrogens with one attached hydrogen (secondary N) is 2. The maximum atomic E-state index is 14.2. The lowest BCUT2D eigenvalue weighted by molar-refractivity contribution is -0.114. The number of aromatic nitrogens is 3. The second-order valence-electron chi connectivity index (χ2n) is 5.40. The summed E-state index contributed by atoms with van der Waals surface area (Å²) >= 11 is 5.71. The van der Waals surface area contributed by atoms with E-state index in [4.69, 9.17) is 11.6 Å². The molecule has 0 bridgehead atoms. The Bertz CT molecular complexity index is 969. The van der Waals surface area contributed by atoms with E-state index in [2.05, 4.69) is 20.5 Å². The number of amides is 1. The van der Waals surface area contributed by atoms with Gasteiger partial charge in [-0.1, -0.05) is 23.7 Å². The van der Waals surface area contributed by atoms with E-state index in [-0.39, 0.29) is 11.4 Å². The number of hydrogen-bond acceptors (Lipinski definition) is 3. The topological polar surface area (TPSA) is 70.7 Å². The monoisotopic (exact) mass is 374 g/mol. The van der Waals surface area contributed by atoms with Crippen molar-refractivity contribution < 1.29 is 13.6 Å². The third kappa shape index (κ3) is 3.62. The fourth-order valence-corrected chi connectivity index (χ4v) is 2.43. The Morgan fingerprint density at radius 3 is 2.42 bits per heavy atom. The van der Waals surface area contributed by atoms with Crippen LogP contribution < -0.4 is 5.32 Å². The molecule has 0 aliphatic heterocycles. The van der Waals surface area contributed by atoms with Crippen molar-refractivity contribution in [3.8, 4) is 11.3 Å². The number of pyridine rings is 1. The molecule has 5 nitrogen and oxygen atoms in total. The molecule has 132 valence electrons. The predicted octanol–water partition coefficient (Wildman–Crippen LogP) is 4.68. The number of hydrogen-bond donors (Lipinski definition) is 2. The highest BCUT2D eigenvalue weighted by Gasteiger charge is 2.20. The van der Waals surface area contributed by atoms with E-state index in [1.165, 1.54) is 24.3 Å². The number of aromatic amines is 1. The maximum absolute atomic E-state index is 14.2. The minimum absolute atomic E-state index is 0.0825. The Hall–Kier alpha value is -3.06. The molecule has 1 aromatic carbocycles. The van der Waals surface area contributed by atoms with Crippen molar-refractivity contribution >= 4 is 29.2 Å². The van der Waals surface area contributed by atoms with E-state index in [0.717, 1.165) is 5.56 Å². The van der Waals surface area contributed by atoms with Crippen molar-refractivity contribution in [3.05, 3.63) is 70.8 Å². The summed E-state index contributed by atoms with van der Waals surface area (Å²) in [5.41, 5.74) is 1.85. The van der Waals surface area contributed by atoms with Crippen molar-refractivity contribution in [2.45, 2.75) is 6.92 Å². The summed E-state index contributed by atoms with van der Waals surface area (Å²) < 4.78 is 28.3. The Morgan fingerprint density at radius 1 is 1.12 bits per heavy atom. The molecule has 2 N–H and O–H groups in total. The second kappa shape index (κ2) is 7.45. The first-order valence-corrected chi connectivity index (χ1v) is 7.93. The molecule has 3 rings (SSSR count). The summed E-state index contributed by atoms with van der Waals surface area (Å²) in [6, 6.07) is 8.87. The standard InChI is InChI=1S/C18H13ClF2N4O/c1-10-16(12-6-8-22-9-7-12)24-25-17(10)23-18(26)15(21)14(20)11-2-4-13(19)5-3-11/h2-9H,1H3,(H2,23,24,25,26)/b15-14+. The van der Waals surface area contributed by atoms with Crippen molar-refractivity contribution in [3.63, 3.8) is 0 Å². The Balaban J connectivity index is 1.83. The van der Waals surface area contributed by atoms with Gasteiger partial charge in [-0.3, -0.25) is 14.9 Å². The van der Waals surface area contributed by atoms with Crippen LogP contribution in [-0.2, 0) is 4.79 Å². The highest BCUT2D eigenvalue weighted by Crippen LogP contribution is 2.27. The van der Waals surface area contributed by atoms with Crippen LogP contribution in [0.15, 0.2) is 54.6 Å². The number of rotatable bonds is 4. The second-order valence-corrected chi connectivity index (χ2v) is 5.83. The van der Waals surface area contributed by atoms with Crippen LogP contribution in [0.3, 0.4) is 0 Å². The Morgan fingerprint density at radius 2 is 1.77 bits per heavy atom. The van der Waals surface area contributed by atoms with Crippen LogP contribution in [0.4, 0.5) is 14.6 Å². The number of carbonyl (C=O) groups is 1. The molecule has 0 aliphatic rings. The molecule has 2 heterocycles. The van der Waals surface area contributed by atoms with Gasteiger partial charge in [-0.2, -0.15) is 9.49 Å². The largest absolute Gasteiger partial charge is 0.305 e. The number of anilines is 1. The van der Waals surface area contributed by atoms with Crippen molar-refractivity contribution in [1.82, 2.24) is 15.2 Å². The van der Waals surface area contributed by atoms with E-state index in [1.54, 1.807) is 31.5 Å². The van der Waals surface area contributed by atoms with Crippen molar-refractivity contribution in [2.24, 2.45) is 0 Å². The van der Waals surface area contributed by atoms with Gasteiger partial charge in [0.1, 0.15) is 5.82 Å². The van der Waals surface area contributed by atoms with E-state index in [0.29, 0.717) is 16.3 Å². The van der Waals surface area contributed by atoms with E-state index in [9.17, 15) is 13.6 Å². The summed E-state index contributed by atoms with van der Waals surface area (Å²) in [6.07, 6.45) is 3.21. The van der Waals surface area contributed by atoms with E-state index in [1.807, 2.05) is 0 Å². The van der Waals surface area contributed by atoms with Gasteiger partial charge in [0.05, 0.1) is 5.69 Å². The van der Waals surface area contributed by atoms with Crippen molar-refractivity contribution in [1.29, 1.82) is 0 Å². The van der Waals surface area contributed by atoms with Crippen LogP contribution in [0.25, 0.3) is 17.1 Å². The third-order valence-electron chi connectivity index (χ3n) is 3.69. The molecule has 0 fully saturated rings. The Kier molecular flexibility index (Phi) is 5.09. The van der Waals surface area contributed by atoms with Gasteiger partial charge >= 0.3 is 0 Å². The average molecular weight is 375 g/mol. The minimum Gasteiger partial charge on any atom is -0.305 e. The molecule has 0 spiro atoms. The molecule has 0 saturated heterocycles. The smallest absolute Gasteiger partial charge is 0.288 e. The lowest BCUT2D eigenvalue weighted by Crippen LogP contribution is -2.14. The van der Waals surface area contributed by atoms with Gasteiger partial charge < -0.3 is 5.32 Å². The summed E-state index contributed by atoms with van der Waals surface area (Å²) in [4.78, 5) is 15.9. The number of carbonyl (C=O) groups excluding carboxylic acids is 1. The summed E-state index contributed by atoms with van der Waals surface area (Å²) in [5, 5.41) is 9.38. The first-order chi connectivity index (χ1) is 12.5. The van der Waals surface area contributed by atoms with Gasteiger partial charge in [0.2, 0.25) is 5.83 Å². The number of nitrogens with zero attached hydrogens (tertiary/aromatic N) is 2. The zero-order chi connectivity index (χ0) is 18.7. The molecule has 26 heavy (non-hydrogen) atoms. The lowest BCUT2D eigenvalue weighted by Gasteiger charge is -2.04. The van der Waals surface area contributed by atoms with Gasteiger partial charge in [0, 0.05) is 34.1 Å². The van der Waals surface area contributed by atoms with Gasteiger partial charge in [-0.05, 0) is 31.2 Å². The van der Waals surface area contributed by atoms with Crippen LogP contribution in [0, 0.1) is 6.92 Å². The fraction of sp³-hybridized carbons (Fsp3) is 0.0556. The molecule has 0 aliphatic carbocycles. The van der Waals surface area contributed by atoms with E-state index < -0.39 is 17.6 Å². The highest BCUT2D eigenvalue weighted by molar-refractivity contribution is 6.30. The van der Waals surface area contributed by atoms with Gasteiger partial charge in [0.15, 0.2) is 5.83 Å². The predicted molar refractivity (Wildman–Crippen MR) is 95.8 cm³/mol. The summed E-state index contributed by atoms with van der Waals surface area (Å²) in [7, 11) is 0. The molecule has 2 aromatic heterocycles. The molecule has 0 atom stereocenters. The molecular weight excluding hydrogens is 362 g/mol. The highest BCUT2D eigenvalue weighted by atomic mass is 35.5. The fourth-order valence-electron chi connectivity index (χ4n) is 2.30. The van der Waals surface area contributed by atoms with Crippen LogP contribution in [0.5, 0.6) is 0 Å². The van der Waals surface area contributed by atoms with Gasteiger partial charge in [0.25, 0.3) is 5.91 Å². The van der Waals surface area contributed by atoms with Crippen molar-refractivity contribution in [2.75, 3.05) is 5.32 Å². The van der Waals surface area contributed by atoms with Crippen LogP contribution in [-0.4, -0.2) is 21.1 Å². The molecular formula is C18H13ClF2N4O. The van der Waals surface area contributed by atoms with Crippen LogP contribution in [0.1, 0.15) is 11.1 Å². The maximum Gasteiger partial charge on any atom is 0.288 e. The zero-order valence-corrected chi connectivity index (χ0v) is 14.3. The van der Waals surface area contributed by atoms with Gasteiger partial charge in [-0.15, -0.1) is 0 Å². The summed E-state index contributed by atoms with van der Waals surface area (Å²) in [5.74, 6) is -3.84. The minimum atomic E-state index is -1.54. The van der Waals surface area contributed by atoms with Crippen LogP contribution >= 0.6 is 11.6 Å². The first kappa shape index (κ1) is 17.8. The number of benzene rings is 1. The molecule has 0 saturated carbocycles. The summed E-state index contributed by atoms with van der Waals surface area (Å²) in [6.45, 7) is 1.70. The molecule has 3 aromatic rings.